The molecule has 1 atom stereocenters. The topological polar surface area (TPSA) is 40.5 Å². The fraction of sp³-hybridized carbons (Fsp3) is 0.917. The summed E-state index contributed by atoms with van der Waals surface area (Å²) in [6, 6.07) is 0. The summed E-state index contributed by atoms with van der Waals surface area (Å²) in [4.78, 5) is 13.6. The second-order valence-electron chi connectivity index (χ2n) is 4.97. The molecule has 1 heterocycles. The minimum Gasteiger partial charge on any atom is -0.391 e. The summed E-state index contributed by atoms with van der Waals surface area (Å²) >= 11 is 0. The SMILES string of the molecule is O=C(CCC1CCCC1)N1CC[C@@H](O)C1. The van der Waals surface area contributed by atoms with Crippen LogP contribution in [0.3, 0.4) is 0 Å². The second kappa shape index (κ2) is 4.97. The van der Waals surface area contributed by atoms with Crippen LogP contribution in [0.2, 0.25) is 0 Å². The highest BCUT2D eigenvalue weighted by Crippen LogP contribution is 2.28. The molecule has 0 unspecified atom stereocenters. The van der Waals surface area contributed by atoms with Gasteiger partial charge in [0.25, 0.3) is 0 Å². The molecule has 0 aromatic heterocycles. The Labute approximate surface area is 91.5 Å². The molecule has 0 bridgehead atoms. The highest BCUT2D eigenvalue weighted by atomic mass is 16.3. The maximum atomic E-state index is 11.8. The van der Waals surface area contributed by atoms with Crippen molar-refractivity contribution in [3.8, 4) is 0 Å². The number of β-amino-alcohol motifs (C(OH)–C–C–N with tert-alkyl or cyclic N) is 1. The first-order valence-corrected chi connectivity index (χ1v) is 6.21. The lowest BCUT2D eigenvalue weighted by Gasteiger charge is -2.16. The molecule has 2 aliphatic rings. The summed E-state index contributed by atoms with van der Waals surface area (Å²) in [5.74, 6) is 1.04. The smallest absolute Gasteiger partial charge is 0.222 e. The van der Waals surface area contributed by atoms with E-state index in [9.17, 15) is 9.90 Å². The summed E-state index contributed by atoms with van der Waals surface area (Å²) < 4.78 is 0. The summed E-state index contributed by atoms with van der Waals surface area (Å²) in [7, 11) is 0. The Morgan fingerprint density at radius 1 is 1.27 bits per heavy atom. The Balaban J connectivity index is 1.67. The van der Waals surface area contributed by atoms with Gasteiger partial charge in [0.1, 0.15) is 0 Å². The number of carbonyl (C=O) groups is 1. The van der Waals surface area contributed by atoms with Crippen LogP contribution in [0.5, 0.6) is 0 Å². The van der Waals surface area contributed by atoms with E-state index in [1.54, 1.807) is 0 Å². The number of rotatable bonds is 3. The number of likely N-dealkylation sites (tertiary alicyclic amines) is 1. The Morgan fingerprint density at radius 2 is 2.00 bits per heavy atom. The van der Waals surface area contributed by atoms with Crippen molar-refractivity contribution in [2.75, 3.05) is 13.1 Å². The van der Waals surface area contributed by atoms with Gasteiger partial charge in [0.2, 0.25) is 5.91 Å². The van der Waals surface area contributed by atoms with Crippen molar-refractivity contribution in [2.24, 2.45) is 5.92 Å². The van der Waals surface area contributed by atoms with Crippen molar-refractivity contribution < 1.29 is 9.90 Å². The molecule has 1 saturated heterocycles. The number of carbonyl (C=O) groups excluding carboxylic acids is 1. The van der Waals surface area contributed by atoms with E-state index in [4.69, 9.17) is 0 Å². The highest BCUT2D eigenvalue weighted by molar-refractivity contribution is 5.76. The van der Waals surface area contributed by atoms with Gasteiger partial charge in [-0.15, -0.1) is 0 Å². The average Bonchev–Trinajstić information content (AvgIpc) is 2.84. The van der Waals surface area contributed by atoms with E-state index in [-0.39, 0.29) is 12.0 Å². The molecule has 15 heavy (non-hydrogen) atoms. The van der Waals surface area contributed by atoms with Crippen LogP contribution in [0.4, 0.5) is 0 Å². The summed E-state index contributed by atoms with van der Waals surface area (Å²) in [6.07, 6.45) is 7.56. The predicted molar refractivity (Wildman–Crippen MR) is 58.4 cm³/mol. The molecule has 0 aromatic carbocycles. The molecule has 1 aliphatic carbocycles. The standard InChI is InChI=1S/C12H21NO2/c14-11-7-8-13(9-11)12(15)6-5-10-3-1-2-4-10/h10-11,14H,1-9H2/t11-/m1/s1. The van der Waals surface area contributed by atoms with E-state index in [0.29, 0.717) is 13.0 Å². The van der Waals surface area contributed by atoms with Crippen LogP contribution in [0.15, 0.2) is 0 Å². The number of aliphatic hydroxyl groups is 1. The van der Waals surface area contributed by atoms with Crippen molar-refractivity contribution in [2.45, 2.75) is 51.0 Å². The van der Waals surface area contributed by atoms with Crippen LogP contribution in [-0.4, -0.2) is 35.1 Å². The average molecular weight is 211 g/mol. The Hall–Kier alpha value is -0.570. The fourth-order valence-electron chi connectivity index (χ4n) is 2.75. The Bertz CT molecular complexity index is 224. The zero-order chi connectivity index (χ0) is 10.7. The van der Waals surface area contributed by atoms with Gasteiger partial charge in [-0.1, -0.05) is 25.7 Å². The molecule has 0 spiro atoms. The first-order valence-electron chi connectivity index (χ1n) is 6.21. The Morgan fingerprint density at radius 3 is 2.60 bits per heavy atom. The van der Waals surface area contributed by atoms with Gasteiger partial charge in [-0.3, -0.25) is 4.79 Å². The van der Waals surface area contributed by atoms with Gasteiger partial charge in [-0.2, -0.15) is 0 Å². The number of nitrogens with zero attached hydrogens (tertiary/aromatic N) is 1. The largest absolute Gasteiger partial charge is 0.391 e. The molecule has 0 aromatic rings. The predicted octanol–water partition coefficient (Wildman–Crippen LogP) is 1.55. The van der Waals surface area contributed by atoms with Gasteiger partial charge < -0.3 is 10.0 Å². The van der Waals surface area contributed by atoms with Crippen molar-refractivity contribution in [3.05, 3.63) is 0 Å². The third-order valence-electron chi connectivity index (χ3n) is 3.76. The second-order valence-corrected chi connectivity index (χ2v) is 4.97. The molecule has 2 fully saturated rings. The third-order valence-corrected chi connectivity index (χ3v) is 3.76. The van der Waals surface area contributed by atoms with Crippen LogP contribution in [-0.2, 0) is 4.79 Å². The number of hydrogen-bond acceptors (Lipinski definition) is 2. The van der Waals surface area contributed by atoms with Crippen LogP contribution in [0, 0.1) is 5.92 Å². The number of hydrogen-bond donors (Lipinski definition) is 1. The van der Waals surface area contributed by atoms with Gasteiger partial charge in [0.15, 0.2) is 0 Å². The number of amides is 1. The molecule has 3 nitrogen and oxygen atoms in total. The zero-order valence-corrected chi connectivity index (χ0v) is 9.32. The minimum absolute atomic E-state index is 0.249. The van der Waals surface area contributed by atoms with E-state index in [1.165, 1.54) is 25.7 Å². The minimum atomic E-state index is -0.277. The van der Waals surface area contributed by atoms with Crippen LogP contribution >= 0.6 is 0 Å². The number of aliphatic hydroxyl groups excluding tert-OH is 1. The molecule has 0 radical (unpaired) electrons. The molecule has 1 N–H and O–H groups in total. The first-order chi connectivity index (χ1) is 7.25. The molecule has 3 heteroatoms. The lowest BCUT2D eigenvalue weighted by Crippen LogP contribution is -2.29. The molecular formula is C12H21NO2. The quantitative estimate of drug-likeness (QED) is 0.769. The van der Waals surface area contributed by atoms with Crippen molar-refractivity contribution >= 4 is 5.91 Å². The first kappa shape index (κ1) is 10.9. The normalized spacial score (nSPS) is 27.5. The van der Waals surface area contributed by atoms with E-state index < -0.39 is 0 Å². The Kier molecular flexibility index (Phi) is 3.62. The molecular weight excluding hydrogens is 190 g/mol. The van der Waals surface area contributed by atoms with Crippen LogP contribution in [0.1, 0.15) is 44.9 Å². The summed E-state index contributed by atoms with van der Waals surface area (Å²) in [6.45, 7) is 1.31. The summed E-state index contributed by atoms with van der Waals surface area (Å²) in [5, 5.41) is 9.33. The van der Waals surface area contributed by atoms with E-state index in [1.807, 2.05) is 4.90 Å². The van der Waals surface area contributed by atoms with Gasteiger partial charge in [0.05, 0.1) is 6.10 Å². The summed E-state index contributed by atoms with van der Waals surface area (Å²) in [5.41, 5.74) is 0. The lowest BCUT2D eigenvalue weighted by atomic mass is 10.0. The van der Waals surface area contributed by atoms with Crippen molar-refractivity contribution in [1.29, 1.82) is 0 Å². The van der Waals surface area contributed by atoms with E-state index in [2.05, 4.69) is 0 Å². The van der Waals surface area contributed by atoms with Gasteiger partial charge in [0, 0.05) is 19.5 Å². The molecule has 86 valence electrons. The van der Waals surface area contributed by atoms with Gasteiger partial charge in [-0.05, 0) is 18.8 Å². The fourth-order valence-corrected chi connectivity index (χ4v) is 2.75. The van der Waals surface area contributed by atoms with Crippen molar-refractivity contribution in [1.82, 2.24) is 4.90 Å². The van der Waals surface area contributed by atoms with Gasteiger partial charge in [-0.25, -0.2) is 0 Å². The maximum absolute atomic E-state index is 11.8. The van der Waals surface area contributed by atoms with Crippen LogP contribution < -0.4 is 0 Å². The highest BCUT2D eigenvalue weighted by Gasteiger charge is 2.25. The van der Waals surface area contributed by atoms with Crippen molar-refractivity contribution in [3.63, 3.8) is 0 Å². The third kappa shape index (κ3) is 2.94. The molecule has 1 amide bonds. The molecule has 2 rings (SSSR count). The van der Waals surface area contributed by atoms with Gasteiger partial charge >= 0.3 is 0 Å². The van der Waals surface area contributed by atoms with Crippen LogP contribution in [0.25, 0.3) is 0 Å². The maximum Gasteiger partial charge on any atom is 0.222 e. The zero-order valence-electron chi connectivity index (χ0n) is 9.32. The van der Waals surface area contributed by atoms with E-state index in [0.717, 1.165) is 25.3 Å². The lowest BCUT2D eigenvalue weighted by molar-refractivity contribution is -0.130. The molecule has 1 aliphatic heterocycles. The monoisotopic (exact) mass is 211 g/mol. The van der Waals surface area contributed by atoms with E-state index >= 15 is 0 Å². The molecule has 1 saturated carbocycles.